The molecule has 0 radical (unpaired) electrons. The van der Waals surface area contributed by atoms with Crippen molar-refractivity contribution in [2.45, 2.75) is 146 Å². The molecule has 9 atom stereocenters. The quantitative estimate of drug-likeness (QED) is 0.0119. The van der Waals surface area contributed by atoms with Gasteiger partial charge < -0.3 is 69.4 Å². The van der Waals surface area contributed by atoms with Gasteiger partial charge in [0, 0.05) is 39.1 Å². The number of carbonyl (C=O) groups is 10. The zero-order valence-electron chi connectivity index (χ0n) is 53.1. The van der Waals surface area contributed by atoms with E-state index in [2.05, 4.69) is 41.9 Å². The fourth-order valence-electron chi connectivity index (χ4n) is 12.2. The topological polar surface area (TPSA) is 441 Å². The third kappa shape index (κ3) is 19.4. The zero-order valence-corrected chi connectivity index (χ0v) is 53.1. The number of imide groups is 2. The van der Waals surface area contributed by atoms with Crippen LogP contribution < -0.4 is 49.1 Å². The van der Waals surface area contributed by atoms with Crippen LogP contribution in [0.1, 0.15) is 107 Å². The number of aliphatic hydroxyl groups excluding tert-OH is 1. The number of aromatic amines is 1. The van der Waals surface area contributed by atoms with E-state index in [4.69, 9.17) is 22.6 Å². The molecule has 6 rings (SSSR count). The summed E-state index contributed by atoms with van der Waals surface area (Å²) in [5.74, 6) is -11.2. The number of nitrogens with one attached hydrogen (secondary N) is 8. The molecule has 27 heteroatoms. The van der Waals surface area contributed by atoms with Crippen molar-refractivity contribution in [1.29, 1.82) is 5.41 Å². The lowest BCUT2D eigenvalue weighted by atomic mass is 9.59. The first-order chi connectivity index (χ1) is 44.3. The number of nitrogens with two attached hydrogens (primary N) is 3. The van der Waals surface area contributed by atoms with Crippen LogP contribution in [0.25, 0.3) is 10.8 Å². The van der Waals surface area contributed by atoms with Crippen LogP contribution in [0.4, 0.5) is 0 Å². The number of nitrogens with zero attached hydrogens (tertiary/aromatic N) is 3. The molecule has 0 aliphatic heterocycles. The minimum Gasteiger partial charge on any atom is -0.508 e. The van der Waals surface area contributed by atoms with Gasteiger partial charge in [0.25, 0.3) is 0 Å². The Labute approximate surface area is 539 Å². The highest BCUT2D eigenvalue weighted by atomic mass is 16.3. The molecule has 2 unspecified atom stereocenters. The number of guanidine groups is 1. The number of hydrogen-bond donors (Lipinski definition) is 14. The summed E-state index contributed by atoms with van der Waals surface area (Å²) in [6.45, 7) is 2.53. The van der Waals surface area contributed by atoms with Crippen LogP contribution in [-0.4, -0.2) is 176 Å². The second-order valence-corrected chi connectivity index (χ2v) is 23.7. The molecule has 1 saturated carbocycles. The van der Waals surface area contributed by atoms with Crippen molar-refractivity contribution in [1.82, 2.24) is 51.7 Å². The molecule has 93 heavy (non-hydrogen) atoms. The highest BCUT2D eigenvalue weighted by molar-refractivity contribution is 6.15. The van der Waals surface area contributed by atoms with Crippen molar-refractivity contribution in [3.05, 3.63) is 126 Å². The van der Waals surface area contributed by atoms with Gasteiger partial charge in [0.15, 0.2) is 23.3 Å². The van der Waals surface area contributed by atoms with Gasteiger partial charge >= 0.3 is 0 Å². The van der Waals surface area contributed by atoms with Crippen LogP contribution in [0.5, 0.6) is 11.5 Å². The third-order valence-electron chi connectivity index (χ3n) is 16.8. The van der Waals surface area contributed by atoms with E-state index in [1.807, 2.05) is 18.2 Å². The van der Waals surface area contributed by atoms with Crippen molar-refractivity contribution >= 4 is 75.4 Å². The number of likely N-dealkylation sites (N-methyl/N-ethyl adjacent to an activating group) is 2. The highest BCUT2D eigenvalue weighted by Gasteiger charge is 2.57. The van der Waals surface area contributed by atoms with Crippen molar-refractivity contribution in [3.63, 3.8) is 0 Å². The molecule has 1 aliphatic carbocycles. The number of phenolic OH excluding ortho intramolecular Hbond substituents is 2. The molecule has 0 saturated heterocycles. The summed E-state index contributed by atoms with van der Waals surface area (Å²) < 4.78 is 0. The summed E-state index contributed by atoms with van der Waals surface area (Å²) in [5, 5.41) is 58.6. The SMILES string of the molecule is CNCC(=O)N[C@@H](Cc1c[nH]cn1)C(=O)CC(=O)N(CCC(C(=O)[C@@H](Cc1ccc(O)cc1)NC(=O)[C@H](Cc1ccc(O)cc1)NC(=O)[C@@H](NC)C(O)c1cccc2ccccc12)(C(=O)[C@H](CCCNC(=N)N)N(C(C)=O)C(=O)[C@H](C)N)C1CCCCC1)C(=O)[C@H](C)N. The third-order valence-corrected chi connectivity index (χ3v) is 16.8. The van der Waals surface area contributed by atoms with E-state index in [9.17, 15) is 48.9 Å². The van der Waals surface area contributed by atoms with Crippen LogP contribution in [0.15, 0.2) is 104 Å². The van der Waals surface area contributed by atoms with Crippen LogP contribution in [0, 0.1) is 16.7 Å². The molecule has 0 spiro atoms. The summed E-state index contributed by atoms with van der Waals surface area (Å²) in [4.78, 5) is 158. The maximum absolute atomic E-state index is 17.1. The Bertz CT molecular complexity index is 3430. The molecular formula is C66H88N14O13. The predicted molar refractivity (Wildman–Crippen MR) is 345 cm³/mol. The van der Waals surface area contributed by atoms with E-state index in [0.29, 0.717) is 56.8 Å². The van der Waals surface area contributed by atoms with E-state index in [0.717, 1.165) is 12.3 Å². The minimum absolute atomic E-state index is 0.0593. The number of aromatic hydroxyl groups is 2. The van der Waals surface area contributed by atoms with Crippen molar-refractivity contribution in [2.24, 2.45) is 28.5 Å². The van der Waals surface area contributed by atoms with Crippen LogP contribution in [0.2, 0.25) is 0 Å². The monoisotopic (exact) mass is 1280 g/mol. The van der Waals surface area contributed by atoms with Gasteiger partial charge in [0.2, 0.25) is 41.4 Å². The van der Waals surface area contributed by atoms with Gasteiger partial charge in [-0.15, -0.1) is 0 Å². The number of imidazole rings is 1. The molecule has 1 aromatic heterocycles. The molecule has 0 bridgehead atoms. The maximum atomic E-state index is 17.1. The fraction of sp³-hybridized carbons (Fsp3) is 0.455. The van der Waals surface area contributed by atoms with Gasteiger partial charge in [-0.05, 0) is 124 Å². The smallest absolute Gasteiger partial charge is 0.246 e. The maximum Gasteiger partial charge on any atom is 0.246 e. The molecule has 7 amide bonds. The first-order valence-corrected chi connectivity index (χ1v) is 31.1. The van der Waals surface area contributed by atoms with E-state index in [1.54, 1.807) is 24.3 Å². The zero-order chi connectivity index (χ0) is 68.1. The number of rotatable bonds is 34. The first-order valence-electron chi connectivity index (χ1n) is 31.1. The standard InChI is InChI=1S/C66H88N14O13/c1-38(67)63(92)79(56(86)34-54(84)50(76-55(85)36-71-4)33-45-35-73-37-75-45)30-28-66(44-15-7-6-8-16-44,60(89)53(19-12-29-74-65(69)70)80(40(3)81)64(93)39(2)68)59(88)51(31-41-20-24-46(82)25-21-41)77-61(90)52(32-42-22-26-47(83)27-23-42)78-62(91)57(72-5)58(87)49-18-11-14-43-13-9-10-17-48(43)49/h9-11,13-14,17-18,20-27,35,37-39,44,50-53,57-58,71-72,82-83,87H,6-8,12,15-16,19,28-34,36,67-68H2,1-5H3,(H,73,75)(H,76,85)(H,77,90)(H,78,91)(H4,69,70,74)/t38-,39-,50-,51+,52-,53-,57-,58?,66?/m0/s1. The van der Waals surface area contributed by atoms with E-state index < -0.39 is 150 Å². The molecule has 5 aromatic rings. The number of hydrogen-bond acceptors (Lipinski definition) is 19. The lowest BCUT2D eigenvalue weighted by Crippen LogP contribution is -2.64. The van der Waals surface area contributed by atoms with Crippen LogP contribution >= 0.6 is 0 Å². The lowest BCUT2D eigenvalue weighted by Gasteiger charge is -2.46. The van der Waals surface area contributed by atoms with Gasteiger partial charge in [-0.3, -0.25) is 63.2 Å². The van der Waals surface area contributed by atoms with Crippen molar-refractivity contribution < 1.29 is 63.3 Å². The Morgan fingerprint density at radius 3 is 1.91 bits per heavy atom. The lowest BCUT2D eigenvalue weighted by molar-refractivity contribution is -0.161. The number of fused-ring (bicyclic) bond motifs is 1. The number of H-pyrrole nitrogens is 1. The largest absolute Gasteiger partial charge is 0.508 e. The fourth-order valence-corrected chi connectivity index (χ4v) is 12.2. The molecule has 1 fully saturated rings. The van der Waals surface area contributed by atoms with E-state index in [-0.39, 0.29) is 63.1 Å². The van der Waals surface area contributed by atoms with E-state index in [1.165, 1.54) is 89.0 Å². The Morgan fingerprint density at radius 1 is 0.742 bits per heavy atom. The summed E-state index contributed by atoms with van der Waals surface area (Å²) in [5.41, 5.74) is 17.1. The summed E-state index contributed by atoms with van der Waals surface area (Å²) in [6, 6.07) is 13.0. The summed E-state index contributed by atoms with van der Waals surface area (Å²) >= 11 is 0. The van der Waals surface area contributed by atoms with Crippen molar-refractivity contribution in [3.8, 4) is 11.5 Å². The molecule has 1 heterocycles. The van der Waals surface area contributed by atoms with Gasteiger partial charge in [-0.25, -0.2) is 4.98 Å². The van der Waals surface area contributed by atoms with Gasteiger partial charge in [0.05, 0.1) is 60.6 Å². The minimum atomic E-state index is -2.51. The Kier molecular flexibility index (Phi) is 26.9. The number of phenols is 2. The molecule has 500 valence electrons. The Balaban J connectivity index is 1.56. The molecule has 17 N–H and O–H groups in total. The van der Waals surface area contributed by atoms with E-state index >= 15 is 14.4 Å². The molecule has 4 aromatic carbocycles. The Morgan fingerprint density at radius 2 is 1.34 bits per heavy atom. The predicted octanol–water partition coefficient (Wildman–Crippen LogP) is 1.11. The number of aliphatic hydroxyl groups is 1. The Hall–Kier alpha value is -9.28. The number of ketones is 3. The molecule has 27 nitrogen and oxygen atoms in total. The molecule has 1 aliphatic rings. The number of benzene rings is 4. The first kappa shape index (κ1) is 72.8. The average molecular weight is 1290 g/mol. The normalized spacial score (nSPS) is 15.7. The molecular weight excluding hydrogens is 1200 g/mol. The van der Waals surface area contributed by atoms with Crippen LogP contribution in [-0.2, 0) is 67.2 Å². The van der Waals surface area contributed by atoms with Gasteiger partial charge in [-0.2, -0.15) is 0 Å². The number of aromatic nitrogens is 2. The summed E-state index contributed by atoms with van der Waals surface area (Å²) in [6.07, 6.45) is 0.0190. The summed E-state index contributed by atoms with van der Waals surface area (Å²) in [7, 11) is 2.96. The average Bonchev–Trinajstić information content (AvgIpc) is 0.834. The number of carbonyl (C=O) groups excluding carboxylic acids is 10. The van der Waals surface area contributed by atoms with Crippen LogP contribution in [0.3, 0.4) is 0 Å². The second kappa shape index (κ2) is 34.4. The van der Waals surface area contributed by atoms with Gasteiger partial charge in [0.1, 0.15) is 29.7 Å². The van der Waals surface area contributed by atoms with Crippen molar-refractivity contribution in [2.75, 3.05) is 33.7 Å². The number of amides is 7. The van der Waals surface area contributed by atoms with Gasteiger partial charge in [-0.1, -0.05) is 86.0 Å². The number of Topliss-reactive ketones (excluding diaryl/α,β-unsaturated/α-hetero) is 3. The highest BCUT2D eigenvalue weighted by Crippen LogP contribution is 2.46. The second-order valence-electron chi connectivity index (χ2n) is 23.7.